The van der Waals surface area contributed by atoms with Crippen LogP contribution in [0.3, 0.4) is 0 Å². The zero-order valence-corrected chi connectivity index (χ0v) is 14.8. The number of pyridine rings is 2. The third-order valence-electron chi connectivity index (χ3n) is 4.97. The van der Waals surface area contributed by atoms with Gasteiger partial charge in [0.15, 0.2) is 5.69 Å². The number of H-pyrrole nitrogens is 1. The number of rotatable bonds is 2. The van der Waals surface area contributed by atoms with E-state index in [9.17, 15) is 14.0 Å². The lowest BCUT2D eigenvalue weighted by atomic mass is 10.0. The Kier molecular flexibility index (Phi) is 3.33. The second-order valence-electron chi connectivity index (χ2n) is 6.68. The zero-order valence-electron chi connectivity index (χ0n) is 14.0. The molecule has 5 rings (SSSR count). The number of aromatic nitrogens is 2. The number of nitrogens with zero attached hydrogens (tertiary/aromatic N) is 2. The summed E-state index contributed by atoms with van der Waals surface area (Å²) in [7, 11) is 0. The molecule has 1 fully saturated rings. The predicted molar refractivity (Wildman–Crippen MR) is 103 cm³/mol. The molecule has 0 atom stereocenters. The molecule has 4 aromatic rings. The van der Waals surface area contributed by atoms with Crippen LogP contribution in [0.1, 0.15) is 24.3 Å². The van der Waals surface area contributed by atoms with Gasteiger partial charge in [-0.05, 0) is 42.0 Å². The number of benzene rings is 1. The summed E-state index contributed by atoms with van der Waals surface area (Å²) >= 11 is 1.17. The fourth-order valence-corrected chi connectivity index (χ4v) is 4.52. The van der Waals surface area contributed by atoms with Gasteiger partial charge in [0, 0.05) is 11.8 Å². The highest BCUT2D eigenvalue weighted by Gasteiger charge is 2.31. The van der Waals surface area contributed by atoms with Gasteiger partial charge in [-0.3, -0.25) is 18.4 Å². The lowest BCUT2D eigenvalue weighted by Gasteiger charge is -2.12. The summed E-state index contributed by atoms with van der Waals surface area (Å²) in [5.41, 5.74) is 1.96. The Hall–Kier alpha value is -3.24. The third-order valence-corrected chi connectivity index (χ3v) is 5.88. The van der Waals surface area contributed by atoms with Crippen LogP contribution < -0.4 is 11.1 Å². The highest BCUT2D eigenvalue weighted by Crippen LogP contribution is 2.45. The first-order chi connectivity index (χ1) is 13.1. The smallest absolute Gasteiger partial charge is 0.271 e. The average Bonchev–Trinajstić information content (AvgIpc) is 3.44. The lowest BCUT2D eigenvalue weighted by Crippen LogP contribution is -2.20. The quantitative estimate of drug-likeness (QED) is 0.525. The van der Waals surface area contributed by atoms with Crippen LogP contribution >= 0.6 is 11.5 Å². The summed E-state index contributed by atoms with van der Waals surface area (Å²) in [6.07, 6.45) is 3.11. The first kappa shape index (κ1) is 16.0. The normalized spacial score (nSPS) is 13.9. The van der Waals surface area contributed by atoms with Crippen molar-refractivity contribution in [3.05, 3.63) is 80.0 Å². The Bertz CT molecular complexity index is 1400. The van der Waals surface area contributed by atoms with E-state index in [1.54, 1.807) is 30.3 Å². The molecule has 0 radical (unpaired) electrons. The molecular formula is C20H12FN3O2S. The minimum absolute atomic E-state index is 0.0987. The molecule has 1 aromatic carbocycles. The molecule has 0 bridgehead atoms. The molecule has 0 spiro atoms. The first-order valence-corrected chi connectivity index (χ1v) is 9.27. The third kappa shape index (κ3) is 2.34. The minimum Gasteiger partial charge on any atom is -0.280 e. The van der Waals surface area contributed by atoms with Crippen molar-refractivity contribution in [3.63, 3.8) is 0 Å². The number of fused-ring (bicyclic) bond motifs is 2. The van der Waals surface area contributed by atoms with E-state index in [-0.39, 0.29) is 11.3 Å². The predicted octanol–water partition coefficient (Wildman–Crippen LogP) is 4.44. The van der Waals surface area contributed by atoms with Crippen LogP contribution in [0.4, 0.5) is 10.1 Å². The summed E-state index contributed by atoms with van der Waals surface area (Å²) in [5, 5.41) is 0.0987. The van der Waals surface area contributed by atoms with Crippen LogP contribution in [0.25, 0.3) is 31.6 Å². The molecule has 0 amide bonds. The van der Waals surface area contributed by atoms with Gasteiger partial charge < -0.3 is 0 Å². The lowest BCUT2D eigenvalue weighted by molar-refractivity contribution is 0.621. The largest absolute Gasteiger partial charge is 0.280 e. The van der Waals surface area contributed by atoms with E-state index in [4.69, 9.17) is 6.57 Å². The fraction of sp³-hybridized carbons (Fsp3) is 0.150. The minimum atomic E-state index is -0.570. The molecule has 27 heavy (non-hydrogen) atoms. The Morgan fingerprint density at radius 3 is 2.81 bits per heavy atom. The van der Waals surface area contributed by atoms with E-state index in [0.717, 1.165) is 24.6 Å². The summed E-state index contributed by atoms with van der Waals surface area (Å²) in [6, 6.07) is 8.41. The van der Waals surface area contributed by atoms with Gasteiger partial charge in [0.1, 0.15) is 11.2 Å². The number of halogens is 1. The maximum atomic E-state index is 14.9. The summed E-state index contributed by atoms with van der Waals surface area (Å²) in [4.78, 5) is 28.3. The van der Waals surface area contributed by atoms with E-state index >= 15 is 0 Å². The zero-order chi connectivity index (χ0) is 18.7. The van der Waals surface area contributed by atoms with Gasteiger partial charge in [0.2, 0.25) is 0 Å². The van der Waals surface area contributed by atoms with E-state index in [0.29, 0.717) is 27.0 Å². The van der Waals surface area contributed by atoms with Crippen LogP contribution in [-0.2, 0) is 0 Å². The Balaban J connectivity index is 1.92. The monoisotopic (exact) mass is 377 g/mol. The van der Waals surface area contributed by atoms with Crippen molar-refractivity contribution >= 4 is 32.8 Å². The van der Waals surface area contributed by atoms with Crippen LogP contribution in [0, 0.1) is 12.4 Å². The highest BCUT2D eigenvalue weighted by molar-refractivity contribution is 7.13. The number of aromatic amines is 1. The SMILES string of the molecule is [C-]#[N+]c1cccc(-c2cc3c(C4CC4)c4s[nH]c(=O)c4c(=O)n3cc2F)c1. The molecule has 7 heteroatoms. The molecule has 1 N–H and O–H groups in total. The second-order valence-corrected chi connectivity index (χ2v) is 7.50. The van der Waals surface area contributed by atoms with Crippen LogP contribution in [0.2, 0.25) is 0 Å². The van der Waals surface area contributed by atoms with Crippen molar-refractivity contribution in [2.75, 3.05) is 0 Å². The molecule has 1 aliphatic rings. The highest BCUT2D eigenvalue weighted by atomic mass is 32.1. The molecule has 0 unspecified atom stereocenters. The average molecular weight is 377 g/mol. The Labute approximate surface area is 156 Å². The first-order valence-electron chi connectivity index (χ1n) is 8.45. The van der Waals surface area contributed by atoms with Crippen LogP contribution in [0.15, 0.2) is 46.1 Å². The van der Waals surface area contributed by atoms with Crippen LogP contribution in [0.5, 0.6) is 0 Å². The van der Waals surface area contributed by atoms with Crippen molar-refractivity contribution in [2.24, 2.45) is 0 Å². The van der Waals surface area contributed by atoms with Gasteiger partial charge in [-0.15, -0.1) is 0 Å². The van der Waals surface area contributed by atoms with Gasteiger partial charge >= 0.3 is 0 Å². The van der Waals surface area contributed by atoms with E-state index < -0.39 is 16.9 Å². The summed E-state index contributed by atoms with van der Waals surface area (Å²) in [6.45, 7) is 7.16. The van der Waals surface area contributed by atoms with Crippen molar-refractivity contribution in [2.45, 2.75) is 18.8 Å². The fourth-order valence-electron chi connectivity index (χ4n) is 3.56. The van der Waals surface area contributed by atoms with Crippen molar-refractivity contribution in [3.8, 4) is 11.1 Å². The molecule has 132 valence electrons. The topological polar surface area (TPSA) is 58.7 Å². The number of hydrogen-bond acceptors (Lipinski definition) is 3. The van der Waals surface area contributed by atoms with E-state index in [1.165, 1.54) is 15.9 Å². The molecule has 5 nitrogen and oxygen atoms in total. The van der Waals surface area contributed by atoms with Gasteiger partial charge in [0.05, 0.1) is 16.8 Å². The van der Waals surface area contributed by atoms with Crippen molar-refractivity contribution in [1.82, 2.24) is 8.77 Å². The number of hydrogen-bond donors (Lipinski definition) is 1. The summed E-state index contributed by atoms with van der Waals surface area (Å²) in [5.74, 6) is -0.304. The van der Waals surface area contributed by atoms with E-state index in [1.807, 2.05) is 0 Å². The molecule has 1 saturated carbocycles. The summed E-state index contributed by atoms with van der Waals surface area (Å²) < 4.78 is 19.4. The molecule has 3 aromatic heterocycles. The molecule has 3 heterocycles. The van der Waals surface area contributed by atoms with Gasteiger partial charge in [-0.25, -0.2) is 9.24 Å². The molecule has 1 aliphatic carbocycles. The van der Waals surface area contributed by atoms with E-state index in [2.05, 4.69) is 9.22 Å². The maximum Gasteiger partial charge on any atom is 0.271 e. The maximum absolute atomic E-state index is 14.9. The molecule has 0 aliphatic heterocycles. The van der Waals surface area contributed by atoms with Crippen molar-refractivity contribution in [1.29, 1.82) is 0 Å². The Morgan fingerprint density at radius 2 is 2.07 bits per heavy atom. The van der Waals surface area contributed by atoms with Gasteiger partial charge in [-0.2, -0.15) is 0 Å². The Morgan fingerprint density at radius 1 is 1.26 bits per heavy atom. The molecular weight excluding hydrogens is 365 g/mol. The van der Waals surface area contributed by atoms with Crippen molar-refractivity contribution < 1.29 is 4.39 Å². The van der Waals surface area contributed by atoms with Crippen LogP contribution in [-0.4, -0.2) is 8.77 Å². The standard InChI is InChI=1S/C20H12FN3O2S/c1-22-12-4-2-3-11(7-12)13-8-15-16(10-5-6-10)18-17(19(25)23-27-18)20(26)24(15)9-14(13)21/h2-4,7-10H,5-6H2,(H,23,25). The second kappa shape index (κ2) is 5.63. The molecule has 0 saturated heterocycles. The van der Waals surface area contributed by atoms with Gasteiger partial charge in [0.25, 0.3) is 11.1 Å². The number of nitrogens with one attached hydrogen (secondary N) is 1. The van der Waals surface area contributed by atoms with Gasteiger partial charge in [-0.1, -0.05) is 29.7 Å².